The Kier molecular flexibility index (Phi) is 5.09. The molecular formula is C19H19N3O3. The van der Waals surface area contributed by atoms with E-state index in [4.69, 9.17) is 4.74 Å². The molecule has 0 atom stereocenters. The molecule has 0 radical (unpaired) electrons. The number of benzene rings is 2. The number of fused-ring (bicyclic) bond motifs is 1. The van der Waals surface area contributed by atoms with Crippen LogP contribution in [0.4, 0.5) is 5.69 Å². The van der Waals surface area contributed by atoms with E-state index in [0.717, 1.165) is 11.4 Å². The van der Waals surface area contributed by atoms with Crippen molar-refractivity contribution in [3.8, 4) is 5.75 Å². The molecule has 0 saturated carbocycles. The van der Waals surface area contributed by atoms with E-state index in [9.17, 15) is 9.59 Å². The lowest BCUT2D eigenvalue weighted by atomic mass is 10.2. The van der Waals surface area contributed by atoms with Crippen LogP contribution in [-0.2, 0) is 11.2 Å². The Balaban J connectivity index is 1.55. The SMILES string of the molecule is COc1ccc(NC(=O)CCCc2nc3ccccc3c(=O)[nH]2)cc1. The fourth-order valence-electron chi connectivity index (χ4n) is 2.57. The number of aryl methyl sites for hydroxylation is 1. The Morgan fingerprint density at radius 2 is 1.92 bits per heavy atom. The zero-order valence-electron chi connectivity index (χ0n) is 13.9. The summed E-state index contributed by atoms with van der Waals surface area (Å²) in [6.07, 6.45) is 1.49. The molecule has 3 rings (SSSR count). The Morgan fingerprint density at radius 1 is 1.16 bits per heavy atom. The Labute approximate surface area is 144 Å². The second kappa shape index (κ2) is 7.61. The highest BCUT2D eigenvalue weighted by Gasteiger charge is 2.06. The van der Waals surface area contributed by atoms with Crippen molar-refractivity contribution >= 4 is 22.5 Å². The Bertz CT molecular complexity index is 933. The highest BCUT2D eigenvalue weighted by Crippen LogP contribution is 2.15. The van der Waals surface area contributed by atoms with Crippen molar-refractivity contribution in [2.24, 2.45) is 0 Å². The summed E-state index contributed by atoms with van der Waals surface area (Å²) in [6.45, 7) is 0. The maximum atomic E-state index is 12.0. The van der Waals surface area contributed by atoms with Gasteiger partial charge in [-0.3, -0.25) is 9.59 Å². The summed E-state index contributed by atoms with van der Waals surface area (Å²) in [5.41, 5.74) is 1.25. The lowest BCUT2D eigenvalue weighted by Crippen LogP contribution is -2.14. The third-order valence-electron chi connectivity index (χ3n) is 3.85. The summed E-state index contributed by atoms with van der Waals surface area (Å²) in [5.74, 6) is 1.26. The number of methoxy groups -OCH3 is 1. The zero-order valence-corrected chi connectivity index (χ0v) is 13.9. The molecule has 128 valence electrons. The molecule has 2 aromatic carbocycles. The highest BCUT2D eigenvalue weighted by atomic mass is 16.5. The fourth-order valence-corrected chi connectivity index (χ4v) is 2.57. The van der Waals surface area contributed by atoms with Gasteiger partial charge in [0.15, 0.2) is 0 Å². The van der Waals surface area contributed by atoms with Gasteiger partial charge in [-0.15, -0.1) is 0 Å². The number of carbonyl (C=O) groups is 1. The lowest BCUT2D eigenvalue weighted by molar-refractivity contribution is -0.116. The third kappa shape index (κ3) is 4.23. The largest absolute Gasteiger partial charge is 0.497 e. The normalized spacial score (nSPS) is 10.6. The van der Waals surface area contributed by atoms with E-state index in [-0.39, 0.29) is 11.5 Å². The van der Waals surface area contributed by atoms with Crippen LogP contribution in [0, 0.1) is 0 Å². The number of para-hydroxylation sites is 1. The minimum Gasteiger partial charge on any atom is -0.497 e. The number of hydrogen-bond acceptors (Lipinski definition) is 4. The number of ether oxygens (including phenoxy) is 1. The van der Waals surface area contributed by atoms with E-state index in [1.165, 1.54) is 0 Å². The second-order valence-electron chi connectivity index (χ2n) is 5.66. The van der Waals surface area contributed by atoms with Crippen molar-refractivity contribution in [2.75, 3.05) is 12.4 Å². The monoisotopic (exact) mass is 337 g/mol. The summed E-state index contributed by atoms with van der Waals surface area (Å²) in [7, 11) is 1.60. The quantitative estimate of drug-likeness (QED) is 0.724. The average molecular weight is 337 g/mol. The number of H-pyrrole nitrogens is 1. The number of hydrogen-bond donors (Lipinski definition) is 2. The van der Waals surface area contributed by atoms with E-state index in [2.05, 4.69) is 15.3 Å². The molecule has 0 aliphatic carbocycles. The molecular weight excluding hydrogens is 318 g/mol. The van der Waals surface area contributed by atoms with Gasteiger partial charge in [-0.05, 0) is 42.8 Å². The van der Waals surface area contributed by atoms with Crippen LogP contribution in [0.3, 0.4) is 0 Å². The molecule has 2 N–H and O–H groups in total. The summed E-state index contributed by atoms with van der Waals surface area (Å²) in [6, 6.07) is 14.4. The van der Waals surface area contributed by atoms with Crippen molar-refractivity contribution in [3.05, 3.63) is 64.7 Å². The zero-order chi connectivity index (χ0) is 17.6. The number of rotatable bonds is 6. The second-order valence-corrected chi connectivity index (χ2v) is 5.66. The van der Waals surface area contributed by atoms with Crippen LogP contribution in [-0.4, -0.2) is 23.0 Å². The van der Waals surface area contributed by atoms with E-state index in [1.54, 1.807) is 37.4 Å². The van der Waals surface area contributed by atoms with Gasteiger partial charge >= 0.3 is 0 Å². The fraction of sp³-hybridized carbons (Fsp3) is 0.211. The summed E-state index contributed by atoms with van der Waals surface area (Å²) >= 11 is 0. The Hall–Kier alpha value is -3.15. The number of nitrogens with zero attached hydrogens (tertiary/aromatic N) is 1. The van der Waals surface area contributed by atoms with E-state index < -0.39 is 0 Å². The average Bonchev–Trinajstić information content (AvgIpc) is 2.62. The molecule has 0 bridgehead atoms. The minimum absolute atomic E-state index is 0.0756. The molecule has 0 aliphatic rings. The van der Waals surface area contributed by atoms with Crippen LogP contribution in [0.5, 0.6) is 5.75 Å². The number of aromatic nitrogens is 2. The van der Waals surface area contributed by atoms with Gasteiger partial charge in [0.1, 0.15) is 11.6 Å². The third-order valence-corrected chi connectivity index (χ3v) is 3.85. The summed E-state index contributed by atoms with van der Waals surface area (Å²) < 4.78 is 5.08. The lowest BCUT2D eigenvalue weighted by Gasteiger charge is -2.06. The number of aromatic amines is 1. The molecule has 6 nitrogen and oxygen atoms in total. The van der Waals surface area contributed by atoms with Crippen molar-refractivity contribution in [1.82, 2.24) is 9.97 Å². The standard InChI is InChI=1S/C19H19N3O3/c1-25-14-11-9-13(10-12-14)20-18(23)8-4-7-17-21-16-6-3-2-5-15(16)19(24)22-17/h2-3,5-6,9-12H,4,7-8H2,1H3,(H,20,23)(H,21,22,24). The number of anilines is 1. The molecule has 1 heterocycles. The molecule has 0 saturated heterocycles. The summed E-state index contributed by atoms with van der Waals surface area (Å²) in [5, 5.41) is 3.41. The van der Waals surface area contributed by atoms with Crippen molar-refractivity contribution < 1.29 is 9.53 Å². The molecule has 0 unspecified atom stereocenters. The number of nitrogens with one attached hydrogen (secondary N) is 2. The van der Waals surface area contributed by atoms with Crippen LogP contribution in [0.1, 0.15) is 18.7 Å². The number of carbonyl (C=O) groups excluding carboxylic acids is 1. The van der Waals surface area contributed by atoms with Crippen LogP contribution < -0.4 is 15.6 Å². The molecule has 25 heavy (non-hydrogen) atoms. The van der Waals surface area contributed by atoms with Gasteiger partial charge in [-0.25, -0.2) is 4.98 Å². The van der Waals surface area contributed by atoms with Crippen LogP contribution in [0.25, 0.3) is 10.9 Å². The van der Waals surface area contributed by atoms with Gasteiger partial charge in [0.2, 0.25) is 5.91 Å². The molecule has 3 aromatic rings. The topological polar surface area (TPSA) is 84.1 Å². The highest BCUT2D eigenvalue weighted by molar-refractivity contribution is 5.90. The molecule has 0 spiro atoms. The van der Waals surface area contributed by atoms with Crippen molar-refractivity contribution in [3.63, 3.8) is 0 Å². The molecule has 0 fully saturated rings. The van der Waals surface area contributed by atoms with Gasteiger partial charge in [-0.2, -0.15) is 0 Å². The Morgan fingerprint density at radius 3 is 2.68 bits per heavy atom. The van der Waals surface area contributed by atoms with E-state index in [0.29, 0.717) is 36.0 Å². The number of amides is 1. The maximum Gasteiger partial charge on any atom is 0.258 e. The van der Waals surface area contributed by atoms with Gasteiger partial charge in [0.25, 0.3) is 5.56 Å². The smallest absolute Gasteiger partial charge is 0.258 e. The molecule has 1 amide bonds. The van der Waals surface area contributed by atoms with E-state index in [1.807, 2.05) is 18.2 Å². The molecule has 0 aliphatic heterocycles. The van der Waals surface area contributed by atoms with Crippen LogP contribution >= 0.6 is 0 Å². The molecule has 6 heteroatoms. The van der Waals surface area contributed by atoms with Gasteiger partial charge in [-0.1, -0.05) is 12.1 Å². The first-order valence-electron chi connectivity index (χ1n) is 8.07. The summed E-state index contributed by atoms with van der Waals surface area (Å²) in [4.78, 5) is 31.2. The predicted octanol–water partition coefficient (Wildman–Crippen LogP) is 2.89. The van der Waals surface area contributed by atoms with E-state index >= 15 is 0 Å². The van der Waals surface area contributed by atoms with Gasteiger partial charge in [0, 0.05) is 18.5 Å². The van der Waals surface area contributed by atoms with Gasteiger partial charge in [0.05, 0.1) is 18.0 Å². The van der Waals surface area contributed by atoms with Crippen LogP contribution in [0.15, 0.2) is 53.3 Å². The first-order valence-corrected chi connectivity index (χ1v) is 8.07. The maximum absolute atomic E-state index is 12.0. The van der Waals surface area contributed by atoms with Crippen molar-refractivity contribution in [2.45, 2.75) is 19.3 Å². The first kappa shape index (κ1) is 16.7. The van der Waals surface area contributed by atoms with Crippen LogP contribution in [0.2, 0.25) is 0 Å². The minimum atomic E-state index is -0.150. The predicted molar refractivity (Wildman–Crippen MR) is 96.9 cm³/mol. The van der Waals surface area contributed by atoms with Crippen molar-refractivity contribution in [1.29, 1.82) is 0 Å². The first-order chi connectivity index (χ1) is 12.2. The van der Waals surface area contributed by atoms with Gasteiger partial charge < -0.3 is 15.0 Å². The molecule has 1 aromatic heterocycles.